The Balaban J connectivity index is 1.59. The lowest BCUT2D eigenvalue weighted by Crippen LogP contribution is -2.56. The van der Waals surface area contributed by atoms with E-state index in [1.807, 2.05) is 48.5 Å². The Morgan fingerprint density at radius 3 is 1.98 bits per heavy atom. The van der Waals surface area contributed by atoms with Gasteiger partial charge in [0.1, 0.15) is 31.3 Å². The van der Waals surface area contributed by atoms with Gasteiger partial charge in [-0.15, -0.1) is 0 Å². The Kier molecular flexibility index (Phi) is 15.6. The summed E-state index contributed by atoms with van der Waals surface area (Å²) in [6.45, 7) is 2.26. The van der Waals surface area contributed by atoms with Crippen molar-refractivity contribution in [1.82, 2.24) is 21.3 Å². The van der Waals surface area contributed by atoms with E-state index in [1.165, 1.54) is 20.3 Å². The number of alkyl carbamates (subject to hydrolysis) is 1. The van der Waals surface area contributed by atoms with E-state index in [4.69, 9.17) is 14.2 Å². The third-order valence-corrected chi connectivity index (χ3v) is 7.77. The summed E-state index contributed by atoms with van der Waals surface area (Å²) in [6.07, 6.45) is -0.596. The van der Waals surface area contributed by atoms with Crippen molar-refractivity contribution in [1.29, 1.82) is 0 Å². The van der Waals surface area contributed by atoms with Crippen molar-refractivity contribution in [3.63, 3.8) is 0 Å². The number of fused-ring (bicyclic) bond motifs is 3. The standard InChI is InChI=1S/C35H42N4O12/c1-5-16-50-34(45)26(14-15-30(41)48-3)38-33(44)28(20-47-2)37-29(40)18-36-32(43)27(17-31(42)49-4)39-35(46)51-19-25-23-12-8-6-10-21(23)22-11-7-9-13-24(22)25/h5-13,25-28H,1,14-20H2,2-4H3,(H,36,43)(H,37,40)(H,38,44)(H,39,46). The van der Waals surface area contributed by atoms with Crippen molar-refractivity contribution in [3.05, 3.63) is 72.3 Å². The minimum absolute atomic E-state index is 0.0483. The number of rotatable bonds is 19. The molecule has 274 valence electrons. The molecule has 0 aromatic heterocycles. The lowest BCUT2D eigenvalue weighted by atomic mass is 9.98. The molecule has 4 amide bonds. The summed E-state index contributed by atoms with van der Waals surface area (Å²) in [5, 5.41) is 9.47. The van der Waals surface area contributed by atoms with Crippen LogP contribution in [0.4, 0.5) is 4.79 Å². The van der Waals surface area contributed by atoms with Gasteiger partial charge in [-0.2, -0.15) is 0 Å². The second-order valence-electron chi connectivity index (χ2n) is 11.2. The maximum Gasteiger partial charge on any atom is 0.407 e. The topological polar surface area (TPSA) is 214 Å². The molecule has 0 fully saturated rings. The van der Waals surface area contributed by atoms with Crippen LogP contribution in [0, 0.1) is 0 Å². The molecular weight excluding hydrogens is 668 g/mol. The van der Waals surface area contributed by atoms with Crippen molar-refractivity contribution in [2.24, 2.45) is 0 Å². The molecular formula is C35H42N4O12. The molecule has 1 aliphatic rings. The average molecular weight is 711 g/mol. The first kappa shape index (κ1) is 39.7. The summed E-state index contributed by atoms with van der Waals surface area (Å²) in [5.41, 5.74) is 4.01. The molecule has 0 aliphatic heterocycles. The predicted octanol–water partition coefficient (Wildman–Crippen LogP) is 0.871. The van der Waals surface area contributed by atoms with Crippen molar-refractivity contribution in [3.8, 4) is 11.1 Å². The molecule has 51 heavy (non-hydrogen) atoms. The fourth-order valence-electron chi connectivity index (χ4n) is 5.25. The van der Waals surface area contributed by atoms with Gasteiger partial charge in [-0.3, -0.25) is 24.0 Å². The van der Waals surface area contributed by atoms with Gasteiger partial charge in [0.2, 0.25) is 17.7 Å². The molecule has 0 spiro atoms. The zero-order valence-electron chi connectivity index (χ0n) is 28.6. The smallest absolute Gasteiger partial charge is 0.407 e. The Morgan fingerprint density at radius 2 is 1.39 bits per heavy atom. The summed E-state index contributed by atoms with van der Waals surface area (Å²) in [7, 11) is 3.55. The molecule has 3 rings (SSSR count). The van der Waals surface area contributed by atoms with E-state index in [0.717, 1.165) is 29.4 Å². The molecule has 4 N–H and O–H groups in total. The van der Waals surface area contributed by atoms with Crippen LogP contribution in [0.3, 0.4) is 0 Å². The second kappa shape index (κ2) is 20.0. The van der Waals surface area contributed by atoms with Crippen molar-refractivity contribution in [2.45, 2.75) is 43.3 Å². The van der Waals surface area contributed by atoms with Gasteiger partial charge in [0.25, 0.3) is 0 Å². The molecule has 16 nitrogen and oxygen atoms in total. The Bertz CT molecular complexity index is 1550. The Hall–Kier alpha value is -5.77. The molecule has 0 bridgehead atoms. The Labute approximate surface area is 294 Å². The van der Waals surface area contributed by atoms with Crippen LogP contribution in [0.25, 0.3) is 11.1 Å². The molecule has 0 radical (unpaired) electrons. The number of hydrogen-bond acceptors (Lipinski definition) is 12. The van der Waals surface area contributed by atoms with Crippen LogP contribution in [0.5, 0.6) is 0 Å². The molecule has 1 aliphatic carbocycles. The fourth-order valence-corrected chi connectivity index (χ4v) is 5.25. The molecule has 3 unspecified atom stereocenters. The summed E-state index contributed by atoms with van der Waals surface area (Å²) in [6, 6.07) is 11.4. The molecule has 3 atom stereocenters. The van der Waals surface area contributed by atoms with Crippen LogP contribution in [0.15, 0.2) is 61.2 Å². The number of benzene rings is 2. The third-order valence-electron chi connectivity index (χ3n) is 7.77. The molecule has 0 heterocycles. The zero-order chi connectivity index (χ0) is 37.3. The number of ether oxygens (including phenoxy) is 5. The van der Waals surface area contributed by atoms with E-state index in [0.29, 0.717) is 0 Å². The second-order valence-corrected chi connectivity index (χ2v) is 11.2. The summed E-state index contributed by atoms with van der Waals surface area (Å²) >= 11 is 0. The van der Waals surface area contributed by atoms with Crippen LogP contribution in [0.2, 0.25) is 0 Å². The fraction of sp³-hybridized carbons (Fsp3) is 0.400. The normalized spacial score (nSPS) is 13.2. The first-order valence-electron chi connectivity index (χ1n) is 15.9. The molecule has 0 saturated carbocycles. The van der Waals surface area contributed by atoms with Crippen molar-refractivity contribution >= 4 is 41.7 Å². The number of carbonyl (C=O) groups excluding carboxylic acids is 7. The van der Waals surface area contributed by atoms with E-state index < -0.39 is 72.8 Å². The van der Waals surface area contributed by atoms with Crippen LogP contribution >= 0.6 is 0 Å². The molecule has 0 saturated heterocycles. The van der Waals surface area contributed by atoms with Gasteiger partial charge < -0.3 is 45.0 Å². The first-order chi connectivity index (χ1) is 24.5. The number of nitrogens with one attached hydrogen (secondary N) is 4. The third kappa shape index (κ3) is 11.7. The van der Waals surface area contributed by atoms with Crippen LogP contribution in [-0.2, 0) is 52.5 Å². The number of esters is 3. The average Bonchev–Trinajstić information content (AvgIpc) is 3.46. The minimum atomic E-state index is -1.48. The van der Waals surface area contributed by atoms with Gasteiger partial charge in [0, 0.05) is 19.4 Å². The van der Waals surface area contributed by atoms with Crippen LogP contribution in [-0.4, -0.2) is 108 Å². The number of methoxy groups -OCH3 is 3. The van der Waals surface area contributed by atoms with Gasteiger partial charge in [-0.1, -0.05) is 61.2 Å². The van der Waals surface area contributed by atoms with E-state index in [2.05, 4.69) is 37.3 Å². The molecule has 2 aromatic rings. The lowest BCUT2D eigenvalue weighted by Gasteiger charge is -2.22. The van der Waals surface area contributed by atoms with Gasteiger partial charge in [0.15, 0.2) is 0 Å². The van der Waals surface area contributed by atoms with Crippen molar-refractivity contribution < 1.29 is 57.2 Å². The monoisotopic (exact) mass is 710 g/mol. The highest BCUT2D eigenvalue weighted by molar-refractivity contribution is 5.94. The van der Waals surface area contributed by atoms with Gasteiger partial charge in [-0.25, -0.2) is 9.59 Å². The maximum absolute atomic E-state index is 13.1. The number of amides is 4. The minimum Gasteiger partial charge on any atom is -0.469 e. The highest BCUT2D eigenvalue weighted by Gasteiger charge is 2.32. The van der Waals surface area contributed by atoms with E-state index in [1.54, 1.807) is 0 Å². The zero-order valence-corrected chi connectivity index (χ0v) is 28.6. The van der Waals surface area contributed by atoms with Crippen LogP contribution in [0.1, 0.15) is 36.3 Å². The van der Waals surface area contributed by atoms with E-state index in [9.17, 15) is 33.6 Å². The maximum atomic E-state index is 13.1. The van der Waals surface area contributed by atoms with Gasteiger partial charge >= 0.3 is 24.0 Å². The summed E-state index contributed by atoms with van der Waals surface area (Å²) in [5.74, 6) is -5.14. The van der Waals surface area contributed by atoms with Crippen molar-refractivity contribution in [2.75, 3.05) is 47.7 Å². The molecule has 2 aromatic carbocycles. The SMILES string of the molecule is C=CCOC(=O)C(CCC(=O)OC)NC(=O)C(COC)NC(=O)CNC(=O)C(CC(=O)OC)NC(=O)OCC1c2ccccc2-c2ccccc21. The predicted molar refractivity (Wildman–Crippen MR) is 180 cm³/mol. The first-order valence-corrected chi connectivity index (χ1v) is 15.9. The highest BCUT2D eigenvalue weighted by Crippen LogP contribution is 2.44. The lowest BCUT2D eigenvalue weighted by molar-refractivity contribution is -0.148. The van der Waals surface area contributed by atoms with E-state index in [-0.39, 0.29) is 38.6 Å². The number of carbonyl (C=O) groups is 7. The Morgan fingerprint density at radius 1 is 0.765 bits per heavy atom. The highest BCUT2D eigenvalue weighted by atomic mass is 16.6. The van der Waals surface area contributed by atoms with Gasteiger partial charge in [-0.05, 0) is 28.7 Å². The quantitative estimate of drug-likeness (QED) is 0.0909. The molecule has 16 heteroatoms. The van der Waals surface area contributed by atoms with Gasteiger partial charge in [0.05, 0.1) is 33.8 Å². The summed E-state index contributed by atoms with van der Waals surface area (Å²) < 4.78 is 24.8. The number of hydrogen-bond donors (Lipinski definition) is 4. The van der Waals surface area contributed by atoms with Crippen LogP contribution < -0.4 is 21.3 Å². The largest absolute Gasteiger partial charge is 0.469 e. The van der Waals surface area contributed by atoms with E-state index >= 15 is 0 Å². The summed E-state index contributed by atoms with van der Waals surface area (Å²) in [4.78, 5) is 88.0.